The Morgan fingerprint density at radius 3 is 2.60 bits per heavy atom. The van der Waals surface area contributed by atoms with Crippen LogP contribution < -0.4 is 5.32 Å². The summed E-state index contributed by atoms with van der Waals surface area (Å²) >= 11 is 3.24. The first-order chi connectivity index (χ1) is 11.8. The molecule has 3 aromatic rings. The van der Waals surface area contributed by atoms with Gasteiger partial charge in [-0.15, -0.1) is 0 Å². The van der Waals surface area contributed by atoms with Crippen LogP contribution in [0.25, 0.3) is 5.82 Å². The number of nitrogens with zero attached hydrogens (tertiary/aromatic N) is 3. The Kier molecular flexibility index (Phi) is 4.51. The van der Waals surface area contributed by atoms with Crippen LogP contribution in [0.5, 0.6) is 0 Å². The summed E-state index contributed by atoms with van der Waals surface area (Å²) < 4.78 is 7.58. The van der Waals surface area contributed by atoms with Gasteiger partial charge in [0.2, 0.25) is 0 Å². The summed E-state index contributed by atoms with van der Waals surface area (Å²) in [4.78, 5) is 16.9. The van der Waals surface area contributed by atoms with Gasteiger partial charge in [0, 0.05) is 23.2 Å². The van der Waals surface area contributed by atoms with E-state index in [2.05, 4.69) is 52.1 Å². The summed E-state index contributed by atoms with van der Waals surface area (Å²) in [6, 6.07) is 9.16. The molecule has 3 aromatic heterocycles. The average molecular weight is 403 g/mol. The third-order valence-corrected chi connectivity index (χ3v) is 4.07. The Bertz CT molecular complexity index is 907. The van der Waals surface area contributed by atoms with E-state index in [0.29, 0.717) is 16.3 Å². The van der Waals surface area contributed by atoms with E-state index in [0.717, 1.165) is 11.3 Å². The third kappa shape index (κ3) is 3.66. The number of hydrogen-bond acceptors (Lipinski definition) is 4. The number of anilines is 1. The van der Waals surface area contributed by atoms with E-state index >= 15 is 0 Å². The van der Waals surface area contributed by atoms with Crippen LogP contribution in [0.1, 0.15) is 42.6 Å². The minimum atomic E-state index is -0.333. The number of rotatable bonds is 3. The van der Waals surface area contributed by atoms with Crippen molar-refractivity contribution in [3.8, 4) is 5.82 Å². The van der Waals surface area contributed by atoms with Crippen LogP contribution in [0.3, 0.4) is 0 Å². The lowest BCUT2D eigenvalue weighted by molar-refractivity contribution is 0.0994. The number of pyridine rings is 1. The maximum absolute atomic E-state index is 12.6. The molecular weight excluding hydrogens is 384 g/mol. The van der Waals surface area contributed by atoms with E-state index in [1.54, 1.807) is 16.9 Å². The Balaban J connectivity index is 2.01. The van der Waals surface area contributed by atoms with Crippen LogP contribution in [0.15, 0.2) is 45.6 Å². The zero-order valence-corrected chi connectivity index (χ0v) is 16.1. The third-order valence-electron chi connectivity index (χ3n) is 3.68. The second-order valence-corrected chi connectivity index (χ2v) is 7.56. The predicted molar refractivity (Wildman–Crippen MR) is 99.2 cm³/mol. The van der Waals surface area contributed by atoms with Crippen molar-refractivity contribution in [3.05, 3.63) is 58.2 Å². The van der Waals surface area contributed by atoms with Gasteiger partial charge in [0.25, 0.3) is 5.91 Å². The van der Waals surface area contributed by atoms with Crippen molar-refractivity contribution in [2.75, 3.05) is 5.32 Å². The molecule has 25 heavy (non-hydrogen) atoms. The van der Waals surface area contributed by atoms with Gasteiger partial charge < -0.3 is 9.73 Å². The standard InChI is InChI=1S/C18H19BrN4O2/c1-11-9-13(19)25-16(11)17(24)21-15-10-12(18(2,3)4)22-23(15)14-7-5-6-8-20-14/h5-10H,1-4H3,(H,21,24). The van der Waals surface area contributed by atoms with Gasteiger partial charge >= 0.3 is 0 Å². The highest BCUT2D eigenvalue weighted by Crippen LogP contribution is 2.27. The number of aryl methyl sites for hydroxylation is 1. The lowest BCUT2D eigenvalue weighted by atomic mass is 9.92. The Labute approximate surface area is 154 Å². The molecule has 130 valence electrons. The van der Waals surface area contributed by atoms with Gasteiger partial charge in [-0.25, -0.2) is 4.98 Å². The lowest BCUT2D eigenvalue weighted by Crippen LogP contribution is -2.16. The number of aromatic nitrogens is 3. The monoisotopic (exact) mass is 402 g/mol. The van der Waals surface area contributed by atoms with Crippen molar-refractivity contribution in [1.82, 2.24) is 14.8 Å². The first-order valence-electron chi connectivity index (χ1n) is 7.85. The van der Waals surface area contributed by atoms with Gasteiger partial charge in [-0.1, -0.05) is 26.8 Å². The highest BCUT2D eigenvalue weighted by molar-refractivity contribution is 9.10. The van der Waals surface area contributed by atoms with Crippen molar-refractivity contribution < 1.29 is 9.21 Å². The molecule has 1 N–H and O–H groups in total. The topological polar surface area (TPSA) is 73.0 Å². The molecular formula is C18H19BrN4O2. The second-order valence-electron chi connectivity index (χ2n) is 6.78. The molecule has 0 unspecified atom stereocenters. The van der Waals surface area contributed by atoms with E-state index in [4.69, 9.17) is 4.42 Å². The highest BCUT2D eigenvalue weighted by atomic mass is 79.9. The zero-order valence-electron chi connectivity index (χ0n) is 14.5. The highest BCUT2D eigenvalue weighted by Gasteiger charge is 2.23. The molecule has 0 aliphatic rings. The lowest BCUT2D eigenvalue weighted by Gasteiger charge is -2.13. The molecule has 0 saturated carbocycles. The number of carbonyl (C=O) groups excluding carboxylic acids is 1. The van der Waals surface area contributed by atoms with Gasteiger partial charge in [-0.2, -0.15) is 9.78 Å². The molecule has 0 aliphatic heterocycles. The van der Waals surface area contributed by atoms with E-state index in [-0.39, 0.29) is 17.1 Å². The van der Waals surface area contributed by atoms with Crippen LogP contribution >= 0.6 is 15.9 Å². The van der Waals surface area contributed by atoms with Gasteiger partial charge in [-0.05, 0) is 41.1 Å². The van der Waals surface area contributed by atoms with Crippen molar-refractivity contribution in [2.24, 2.45) is 0 Å². The van der Waals surface area contributed by atoms with Gasteiger partial charge in [-0.3, -0.25) is 4.79 Å². The van der Waals surface area contributed by atoms with Crippen LogP contribution in [-0.4, -0.2) is 20.7 Å². The maximum Gasteiger partial charge on any atom is 0.292 e. The van der Waals surface area contributed by atoms with E-state index in [1.165, 1.54) is 0 Å². The fraction of sp³-hybridized carbons (Fsp3) is 0.278. The minimum Gasteiger partial charge on any atom is -0.444 e. The van der Waals surface area contributed by atoms with E-state index < -0.39 is 0 Å². The molecule has 0 bridgehead atoms. The second kappa shape index (κ2) is 6.48. The van der Waals surface area contributed by atoms with E-state index in [1.807, 2.05) is 31.2 Å². The molecule has 0 atom stereocenters. The van der Waals surface area contributed by atoms with Crippen molar-refractivity contribution in [1.29, 1.82) is 0 Å². The Hall–Kier alpha value is -2.41. The number of amides is 1. The van der Waals surface area contributed by atoms with Crippen LogP contribution in [0.2, 0.25) is 0 Å². The Morgan fingerprint density at radius 1 is 1.28 bits per heavy atom. The first-order valence-corrected chi connectivity index (χ1v) is 8.64. The van der Waals surface area contributed by atoms with Crippen LogP contribution in [-0.2, 0) is 5.41 Å². The van der Waals surface area contributed by atoms with Crippen LogP contribution in [0.4, 0.5) is 5.82 Å². The molecule has 0 saturated heterocycles. The summed E-state index contributed by atoms with van der Waals surface area (Å²) in [5, 5.41) is 7.50. The minimum absolute atomic E-state index is 0.164. The van der Waals surface area contributed by atoms with E-state index in [9.17, 15) is 4.79 Å². The van der Waals surface area contributed by atoms with Crippen molar-refractivity contribution >= 4 is 27.7 Å². The number of carbonyl (C=O) groups is 1. The molecule has 3 rings (SSSR count). The number of nitrogens with one attached hydrogen (secondary N) is 1. The average Bonchev–Trinajstić information content (AvgIpc) is 3.11. The van der Waals surface area contributed by atoms with Gasteiger partial charge in [0.05, 0.1) is 5.69 Å². The molecule has 1 amide bonds. The summed E-state index contributed by atoms with van der Waals surface area (Å²) in [5.41, 5.74) is 1.44. The first kappa shape index (κ1) is 17.4. The summed E-state index contributed by atoms with van der Waals surface area (Å²) in [6.07, 6.45) is 1.69. The normalized spacial score (nSPS) is 11.6. The van der Waals surface area contributed by atoms with Gasteiger partial charge in [0.1, 0.15) is 5.82 Å². The summed E-state index contributed by atoms with van der Waals surface area (Å²) in [7, 11) is 0. The zero-order chi connectivity index (χ0) is 18.2. The predicted octanol–water partition coefficient (Wildman–Crippen LogP) is 4.48. The molecule has 6 nitrogen and oxygen atoms in total. The number of hydrogen-bond donors (Lipinski definition) is 1. The largest absolute Gasteiger partial charge is 0.444 e. The molecule has 3 heterocycles. The summed E-state index contributed by atoms with van der Waals surface area (Å²) in [6.45, 7) is 8.02. The molecule has 7 heteroatoms. The molecule has 0 radical (unpaired) electrons. The fourth-order valence-electron chi connectivity index (χ4n) is 2.33. The van der Waals surface area contributed by atoms with Crippen molar-refractivity contribution in [3.63, 3.8) is 0 Å². The van der Waals surface area contributed by atoms with Gasteiger partial charge in [0.15, 0.2) is 16.2 Å². The SMILES string of the molecule is Cc1cc(Br)oc1C(=O)Nc1cc(C(C)(C)C)nn1-c1ccccn1. The molecule has 0 aliphatic carbocycles. The Morgan fingerprint density at radius 2 is 2.04 bits per heavy atom. The van der Waals surface area contributed by atoms with Crippen LogP contribution in [0, 0.1) is 6.92 Å². The molecule has 0 spiro atoms. The maximum atomic E-state index is 12.6. The quantitative estimate of drug-likeness (QED) is 0.700. The number of halogens is 1. The molecule has 0 aromatic carbocycles. The fourth-order valence-corrected chi connectivity index (χ4v) is 2.84. The summed E-state index contributed by atoms with van der Waals surface area (Å²) in [5.74, 6) is 1.10. The molecule has 0 fully saturated rings. The van der Waals surface area contributed by atoms with Crippen molar-refractivity contribution in [2.45, 2.75) is 33.1 Å². The smallest absolute Gasteiger partial charge is 0.292 e. The number of furan rings is 1.